The molecule has 2 atom stereocenters. The maximum absolute atomic E-state index is 12.7. The second kappa shape index (κ2) is 33.9. The van der Waals surface area contributed by atoms with E-state index in [9.17, 15) is 29.1 Å². The molecule has 0 bridgehead atoms. The zero-order valence-corrected chi connectivity index (χ0v) is 37.0. The number of ether oxygens (including phenoxy) is 5. The summed E-state index contributed by atoms with van der Waals surface area (Å²) < 4.78 is 27.3. The molecule has 0 amide bonds. The number of esters is 5. The van der Waals surface area contributed by atoms with Gasteiger partial charge in [0, 0.05) is 20.3 Å². The molecule has 0 heterocycles. The largest absolute Gasteiger partial charge is 0.466 e. The first-order valence-electron chi connectivity index (χ1n) is 21.8. The zero-order valence-electron chi connectivity index (χ0n) is 37.0. The first kappa shape index (κ1) is 54.0. The van der Waals surface area contributed by atoms with Crippen molar-refractivity contribution in [1.82, 2.24) is 0 Å². The molecule has 13 heteroatoms. The Bertz CT molecular complexity index is 1130. The third-order valence-corrected chi connectivity index (χ3v) is 9.78. The van der Waals surface area contributed by atoms with Gasteiger partial charge in [-0.1, -0.05) is 89.7 Å². The quantitative estimate of drug-likeness (QED) is 0.0227. The fourth-order valence-corrected chi connectivity index (χ4v) is 6.18. The maximum atomic E-state index is 12.7. The zero-order chi connectivity index (χ0) is 42.8. The Hall–Kier alpha value is -3.03. The molecule has 57 heavy (non-hydrogen) atoms. The molecule has 0 aromatic carbocycles. The van der Waals surface area contributed by atoms with Gasteiger partial charge in [-0.25, -0.2) is 9.59 Å². The van der Waals surface area contributed by atoms with Crippen LogP contribution in [-0.2, 0) is 47.7 Å². The summed E-state index contributed by atoms with van der Waals surface area (Å²) >= 11 is 0. The number of hydrogen-bond donors (Lipinski definition) is 1. The molecule has 0 spiro atoms. The van der Waals surface area contributed by atoms with E-state index >= 15 is 0 Å². The molecule has 0 aliphatic heterocycles. The van der Waals surface area contributed by atoms with Crippen molar-refractivity contribution in [3.63, 3.8) is 0 Å². The Kier molecular flexibility index (Phi) is 32.1. The minimum Gasteiger partial charge on any atom is -0.466 e. The summed E-state index contributed by atoms with van der Waals surface area (Å²) in [6, 6.07) is 0. The first-order chi connectivity index (χ1) is 27.1. The van der Waals surface area contributed by atoms with Crippen LogP contribution in [0.15, 0.2) is 12.2 Å². The molecule has 0 saturated carbocycles. The Morgan fingerprint density at radius 1 is 0.544 bits per heavy atom. The number of quaternary nitrogens is 2. The molecular weight excluding hydrogens is 732 g/mol. The van der Waals surface area contributed by atoms with Crippen molar-refractivity contribution in [2.45, 2.75) is 161 Å². The van der Waals surface area contributed by atoms with Crippen molar-refractivity contribution in [3.05, 3.63) is 12.2 Å². The number of allylic oxidation sites excluding steroid dienone is 1. The van der Waals surface area contributed by atoms with Gasteiger partial charge in [0.2, 0.25) is 0 Å². The average molecular weight is 815 g/mol. The summed E-state index contributed by atoms with van der Waals surface area (Å²) in [6.07, 6.45) is 21.5. The minimum atomic E-state index is -0.760. The van der Waals surface area contributed by atoms with Crippen LogP contribution >= 0.6 is 0 Å². The summed E-state index contributed by atoms with van der Waals surface area (Å²) in [5, 5.41) is 10.9. The number of likely N-dealkylation sites (N-methyl/N-ethyl adjacent to an activating group) is 2. The highest BCUT2D eigenvalue weighted by Crippen LogP contribution is 2.16. The fourth-order valence-electron chi connectivity index (χ4n) is 6.18. The molecule has 13 nitrogen and oxygen atoms in total. The van der Waals surface area contributed by atoms with Gasteiger partial charge < -0.3 is 37.8 Å². The van der Waals surface area contributed by atoms with Gasteiger partial charge in [0.1, 0.15) is 32.4 Å². The molecule has 1 N–H and O–H groups in total. The monoisotopic (exact) mass is 815 g/mol. The molecule has 0 aromatic rings. The standard InChI is InChI=1S/C44H82N2O11/c1-8-9-22-28-41(57-44(52)37-46(6,7)31-35-54-39(3)48)40(49)27-23-18-14-10-11-15-19-24-29-42(50)55-32-25-20-16-12-13-17-21-26-33-56-43(51)36-45(4,5)30-34-53-38(2)47/h18,23,40-41,49H,8-17,19-22,24-37H2,1-7H3/q+2/b23-18-. The van der Waals surface area contributed by atoms with E-state index in [-0.39, 0.29) is 56.1 Å². The molecule has 0 aromatic heterocycles. The van der Waals surface area contributed by atoms with Gasteiger partial charge in [0.25, 0.3) is 0 Å². The lowest BCUT2D eigenvalue weighted by molar-refractivity contribution is -0.883. The van der Waals surface area contributed by atoms with Gasteiger partial charge in [-0.2, -0.15) is 0 Å². The average Bonchev–Trinajstić information content (AvgIpc) is 3.11. The van der Waals surface area contributed by atoms with E-state index in [1.807, 2.05) is 34.3 Å². The number of carbonyl (C=O) groups is 5. The van der Waals surface area contributed by atoms with Gasteiger partial charge in [0.15, 0.2) is 13.1 Å². The van der Waals surface area contributed by atoms with Crippen LogP contribution in [0.3, 0.4) is 0 Å². The number of unbranched alkanes of at least 4 members (excludes halogenated alkanes) is 14. The molecule has 2 unspecified atom stereocenters. The Morgan fingerprint density at radius 3 is 1.54 bits per heavy atom. The van der Waals surface area contributed by atoms with Crippen molar-refractivity contribution < 1.29 is 61.7 Å². The molecule has 0 saturated heterocycles. The highest BCUT2D eigenvalue weighted by Gasteiger charge is 2.27. The van der Waals surface area contributed by atoms with Gasteiger partial charge >= 0.3 is 29.8 Å². The van der Waals surface area contributed by atoms with E-state index in [1.165, 1.54) is 13.8 Å². The van der Waals surface area contributed by atoms with Crippen molar-refractivity contribution in [1.29, 1.82) is 0 Å². The van der Waals surface area contributed by atoms with Crippen molar-refractivity contribution >= 4 is 29.8 Å². The van der Waals surface area contributed by atoms with Gasteiger partial charge in [-0.3, -0.25) is 14.4 Å². The van der Waals surface area contributed by atoms with Crippen LogP contribution < -0.4 is 0 Å². The lowest BCUT2D eigenvalue weighted by Crippen LogP contribution is -2.47. The van der Waals surface area contributed by atoms with Gasteiger partial charge in [-0.05, 0) is 51.4 Å². The SMILES string of the molecule is CCCCCC(OC(=O)C[N+](C)(C)CCOC(C)=O)C(O)C/C=C\CCCCCCCC(=O)OCCCCCCCCCCOC(=O)C[N+](C)(C)CCOC(C)=O. The van der Waals surface area contributed by atoms with E-state index in [2.05, 4.69) is 13.0 Å². The van der Waals surface area contributed by atoms with Crippen LogP contribution in [0.5, 0.6) is 0 Å². The second-order valence-corrected chi connectivity index (χ2v) is 16.7. The Labute approximate surface area is 345 Å². The number of rotatable bonds is 37. The molecule has 0 rings (SSSR count). The maximum Gasteiger partial charge on any atom is 0.362 e. The van der Waals surface area contributed by atoms with Gasteiger partial charge in [-0.15, -0.1) is 0 Å². The Balaban J connectivity index is 3.89. The van der Waals surface area contributed by atoms with Crippen molar-refractivity contribution in [2.24, 2.45) is 0 Å². The summed E-state index contributed by atoms with van der Waals surface area (Å²) in [7, 11) is 7.59. The predicted molar refractivity (Wildman–Crippen MR) is 222 cm³/mol. The van der Waals surface area contributed by atoms with Crippen LogP contribution in [-0.4, -0.2) is 137 Å². The van der Waals surface area contributed by atoms with E-state index in [0.29, 0.717) is 54.5 Å². The van der Waals surface area contributed by atoms with E-state index in [4.69, 9.17) is 23.7 Å². The number of hydrogen-bond acceptors (Lipinski definition) is 11. The normalized spacial score (nSPS) is 12.9. The Morgan fingerprint density at radius 2 is 1.02 bits per heavy atom. The predicted octanol–water partition coefficient (Wildman–Crippen LogP) is 7.00. The van der Waals surface area contributed by atoms with E-state index < -0.39 is 12.2 Å². The van der Waals surface area contributed by atoms with Crippen LogP contribution in [0.1, 0.15) is 149 Å². The van der Waals surface area contributed by atoms with E-state index in [1.54, 1.807) is 0 Å². The second-order valence-electron chi connectivity index (χ2n) is 16.7. The lowest BCUT2D eigenvalue weighted by atomic mass is 10.0. The van der Waals surface area contributed by atoms with Crippen LogP contribution in [0, 0.1) is 0 Å². The van der Waals surface area contributed by atoms with Crippen LogP contribution in [0.4, 0.5) is 0 Å². The lowest BCUT2D eigenvalue weighted by Gasteiger charge is -2.30. The smallest absolute Gasteiger partial charge is 0.362 e. The molecular formula is C44H82N2O11+2. The fraction of sp³-hybridized carbons (Fsp3) is 0.841. The van der Waals surface area contributed by atoms with Crippen LogP contribution in [0.25, 0.3) is 0 Å². The molecule has 0 aliphatic rings. The highest BCUT2D eigenvalue weighted by molar-refractivity contribution is 5.71. The minimum absolute atomic E-state index is 0.109. The van der Waals surface area contributed by atoms with Crippen molar-refractivity contribution in [2.75, 3.05) is 80.8 Å². The van der Waals surface area contributed by atoms with Crippen molar-refractivity contribution in [3.8, 4) is 0 Å². The topological polar surface area (TPSA) is 152 Å². The van der Waals surface area contributed by atoms with Crippen LogP contribution in [0.2, 0.25) is 0 Å². The third-order valence-electron chi connectivity index (χ3n) is 9.78. The third kappa shape index (κ3) is 35.8. The summed E-state index contributed by atoms with van der Waals surface area (Å²) in [4.78, 5) is 58.9. The molecule has 0 radical (unpaired) electrons. The number of carbonyl (C=O) groups excluding carboxylic acids is 5. The highest BCUT2D eigenvalue weighted by atomic mass is 16.6. The van der Waals surface area contributed by atoms with Gasteiger partial charge in [0.05, 0.1) is 47.5 Å². The first-order valence-corrected chi connectivity index (χ1v) is 21.8. The summed E-state index contributed by atoms with van der Waals surface area (Å²) in [6.45, 7) is 7.73. The van der Waals surface area contributed by atoms with E-state index in [0.717, 1.165) is 109 Å². The summed E-state index contributed by atoms with van der Waals surface area (Å²) in [5.74, 6) is -1.36. The summed E-state index contributed by atoms with van der Waals surface area (Å²) in [5.41, 5.74) is 0. The molecule has 0 aliphatic carbocycles. The number of nitrogens with zero attached hydrogens (tertiary/aromatic N) is 2. The molecule has 0 fully saturated rings. The molecule has 332 valence electrons. The number of aliphatic hydroxyl groups is 1. The number of aliphatic hydroxyl groups excluding tert-OH is 1.